The van der Waals surface area contributed by atoms with Crippen LogP contribution in [0.5, 0.6) is 0 Å². The molecule has 1 heterocycles. The molecule has 1 saturated heterocycles. The maximum Gasteiger partial charge on any atom is 0.191 e. The Morgan fingerprint density at radius 3 is 2.46 bits per heavy atom. The molecular formula is C19H36N4O. The molecule has 2 saturated carbocycles. The minimum Gasteiger partial charge on any atom is -0.379 e. The summed E-state index contributed by atoms with van der Waals surface area (Å²) in [6, 6.07) is 1.42. The van der Waals surface area contributed by atoms with E-state index in [4.69, 9.17) is 4.74 Å². The summed E-state index contributed by atoms with van der Waals surface area (Å²) in [4.78, 5) is 7.10. The molecule has 0 radical (unpaired) electrons. The predicted molar refractivity (Wildman–Crippen MR) is 99.5 cm³/mol. The summed E-state index contributed by atoms with van der Waals surface area (Å²) in [5.74, 6) is 1.78. The van der Waals surface area contributed by atoms with Gasteiger partial charge in [-0.1, -0.05) is 19.3 Å². The van der Waals surface area contributed by atoms with Crippen molar-refractivity contribution in [3.8, 4) is 0 Å². The summed E-state index contributed by atoms with van der Waals surface area (Å²) in [5, 5.41) is 6.98. The molecule has 1 aliphatic heterocycles. The fraction of sp³-hybridized carbons (Fsp3) is 0.947. The summed E-state index contributed by atoms with van der Waals surface area (Å²) < 4.78 is 5.67. The molecule has 0 atom stereocenters. The van der Waals surface area contributed by atoms with Crippen LogP contribution in [-0.2, 0) is 4.74 Å². The first-order chi connectivity index (χ1) is 11.8. The first-order valence-corrected chi connectivity index (χ1v) is 10.1. The molecule has 0 unspecified atom stereocenters. The Kier molecular flexibility index (Phi) is 7.21. The minimum absolute atomic E-state index is 0.559. The van der Waals surface area contributed by atoms with Crippen LogP contribution in [0.25, 0.3) is 0 Å². The van der Waals surface area contributed by atoms with Crippen molar-refractivity contribution in [1.29, 1.82) is 0 Å². The van der Waals surface area contributed by atoms with Gasteiger partial charge >= 0.3 is 0 Å². The molecule has 5 heteroatoms. The molecule has 0 aromatic rings. The normalized spacial score (nSPS) is 25.0. The van der Waals surface area contributed by atoms with Gasteiger partial charge in [-0.25, -0.2) is 0 Å². The smallest absolute Gasteiger partial charge is 0.191 e. The van der Waals surface area contributed by atoms with Crippen LogP contribution in [0.2, 0.25) is 0 Å². The van der Waals surface area contributed by atoms with Gasteiger partial charge in [-0.05, 0) is 44.4 Å². The standard InChI is InChI=1S/C19H36N4O/c1-20-19(21-11-14-24-15-16-7-8-16)22-17-9-12-23(13-10-17)18-5-3-2-4-6-18/h16-18H,2-15H2,1H3,(H2,20,21,22). The Hall–Kier alpha value is -0.810. The lowest BCUT2D eigenvalue weighted by Gasteiger charge is -2.39. The van der Waals surface area contributed by atoms with Crippen LogP contribution < -0.4 is 10.6 Å². The molecule has 3 fully saturated rings. The van der Waals surface area contributed by atoms with Crippen LogP contribution in [-0.4, -0.2) is 62.8 Å². The number of ether oxygens (including phenoxy) is 1. The SMILES string of the molecule is CN=C(NCCOCC1CC1)NC1CCN(C2CCCCC2)CC1. The number of aliphatic imine (C=N–C) groups is 1. The van der Waals surface area contributed by atoms with Gasteiger partial charge in [0.25, 0.3) is 0 Å². The maximum absolute atomic E-state index is 5.67. The van der Waals surface area contributed by atoms with E-state index in [1.165, 1.54) is 70.9 Å². The van der Waals surface area contributed by atoms with E-state index in [0.717, 1.165) is 37.7 Å². The summed E-state index contributed by atoms with van der Waals surface area (Å²) in [5.41, 5.74) is 0. The number of piperidine rings is 1. The van der Waals surface area contributed by atoms with E-state index in [1.54, 1.807) is 0 Å². The third-order valence-electron chi connectivity index (χ3n) is 5.77. The number of nitrogens with one attached hydrogen (secondary N) is 2. The van der Waals surface area contributed by atoms with Crippen molar-refractivity contribution in [3.05, 3.63) is 0 Å². The zero-order valence-corrected chi connectivity index (χ0v) is 15.4. The second kappa shape index (κ2) is 9.62. The van der Waals surface area contributed by atoms with Gasteiger partial charge in [-0.15, -0.1) is 0 Å². The number of rotatable bonds is 7. The van der Waals surface area contributed by atoms with Gasteiger partial charge in [-0.2, -0.15) is 0 Å². The summed E-state index contributed by atoms with van der Waals surface area (Å²) in [6.45, 7) is 5.03. The van der Waals surface area contributed by atoms with E-state index in [-0.39, 0.29) is 0 Å². The molecule has 0 amide bonds. The fourth-order valence-corrected chi connectivity index (χ4v) is 4.02. The lowest BCUT2D eigenvalue weighted by molar-refractivity contribution is 0.119. The Morgan fingerprint density at radius 2 is 1.79 bits per heavy atom. The quantitative estimate of drug-likeness (QED) is 0.426. The van der Waals surface area contributed by atoms with E-state index in [1.807, 2.05) is 7.05 Å². The molecule has 0 spiro atoms. The molecule has 2 aliphatic carbocycles. The molecule has 0 aromatic carbocycles. The first kappa shape index (κ1) is 18.0. The third-order valence-corrected chi connectivity index (χ3v) is 5.77. The van der Waals surface area contributed by atoms with Gasteiger partial charge in [0.2, 0.25) is 0 Å². The lowest BCUT2D eigenvalue weighted by atomic mass is 9.92. The van der Waals surface area contributed by atoms with Gasteiger partial charge < -0.3 is 20.3 Å². The average Bonchev–Trinajstić information content (AvgIpc) is 3.46. The molecule has 5 nitrogen and oxygen atoms in total. The average molecular weight is 337 g/mol. The van der Waals surface area contributed by atoms with Crippen molar-refractivity contribution in [1.82, 2.24) is 15.5 Å². The van der Waals surface area contributed by atoms with Crippen LogP contribution in [0.4, 0.5) is 0 Å². The number of guanidine groups is 1. The van der Waals surface area contributed by atoms with Crippen molar-refractivity contribution in [2.24, 2.45) is 10.9 Å². The zero-order valence-electron chi connectivity index (χ0n) is 15.4. The maximum atomic E-state index is 5.67. The van der Waals surface area contributed by atoms with Gasteiger partial charge in [0.05, 0.1) is 6.61 Å². The molecule has 3 rings (SSSR count). The van der Waals surface area contributed by atoms with E-state index < -0.39 is 0 Å². The third kappa shape index (κ3) is 5.92. The van der Waals surface area contributed by atoms with Crippen LogP contribution in [0.3, 0.4) is 0 Å². The largest absolute Gasteiger partial charge is 0.379 e. The molecule has 138 valence electrons. The Morgan fingerprint density at radius 1 is 1.04 bits per heavy atom. The van der Waals surface area contributed by atoms with E-state index in [9.17, 15) is 0 Å². The fourth-order valence-electron chi connectivity index (χ4n) is 4.02. The van der Waals surface area contributed by atoms with Crippen molar-refractivity contribution >= 4 is 5.96 Å². The monoisotopic (exact) mass is 336 g/mol. The first-order valence-electron chi connectivity index (χ1n) is 10.1. The van der Waals surface area contributed by atoms with Gasteiger partial charge in [-0.3, -0.25) is 4.99 Å². The van der Waals surface area contributed by atoms with Gasteiger partial charge in [0.15, 0.2) is 5.96 Å². The van der Waals surface area contributed by atoms with E-state index >= 15 is 0 Å². The highest BCUT2D eigenvalue weighted by Gasteiger charge is 2.26. The molecular weight excluding hydrogens is 300 g/mol. The summed E-state index contributed by atoms with van der Waals surface area (Å²) >= 11 is 0. The zero-order chi connectivity index (χ0) is 16.6. The highest BCUT2D eigenvalue weighted by molar-refractivity contribution is 5.79. The Bertz CT molecular complexity index is 383. The highest BCUT2D eigenvalue weighted by Crippen LogP contribution is 2.28. The molecule has 2 N–H and O–H groups in total. The number of hydrogen-bond donors (Lipinski definition) is 2. The number of hydrogen-bond acceptors (Lipinski definition) is 3. The molecule has 24 heavy (non-hydrogen) atoms. The second-order valence-corrected chi connectivity index (χ2v) is 7.76. The van der Waals surface area contributed by atoms with Gasteiger partial charge in [0.1, 0.15) is 0 Å². The van der Waals surface area contributed by atoms with Crippen molar-refractivity contribution in [2.75, 3.05) is 39.9 Å². The van der Waals surface area contributed by atoms with Gasteiger partial charge in [0, 0.05) is 45.4 Å². The van der Waals surface area contributed by atoms with Crippen molar-refractivity contribution in [3.63, 3.8) is 0 Å². The van der Waals surface area contributed by atoms with E-state index in [0.29, 0.717) is 6.04 Å². The predicted octanol–water partition coefficient (Wildman–Crippen LogP) is 2.38. The number of likely N-dealkylation sites (tertiary alicyclic amines) is 1. The summed E-state index contributed by atoms with van der Waals surface area (Å²) in [7, 11) is 1.86. The Balaban J connectivity index is 1.28. The second-order valence-electron chi connectivity index (χ2n) is 7.76. The molecule has 0 bridgehead atoms. The van der Waals surface area contributed by atoms with Crippen molar-refractivity contribution < 1.29 is 4.74 Å². The molecule has 3 aliphatic rings. The molecule has 0 aromatic heterocycles. The summed E-state index contributed by atoms with van der Waals surface area (Å²) in [6.07, 6.45) is 12.3. The number of nitrogens with zero attached hydrogens (tertiary/aromatic N) is 2. The van der Waals surface area contributed by atoms with Crippen LogP contribution in [0.1, 0.15) is 57.8 Å². The lowest BCUT2D eigenvalue weighted by Crippen LogP contribution is -2.51. The van der Waals surface area contributed by atoms with E-state index in [2.05, 4.69) is 20.5 Å². The minimum atomic E-state index is 0.559. The van der Waals surface area contributed by atoms with Crippen LogP contribution in [0.15, 0.2) is 4.99 Å². The van der Waals surface area contributed by atoms with Crippen LogP contribution in [0, 0.1) is 5.92 Å². The Labute approximate surface area is 147 Å². The highest BCUT2D eigenvalue weighted by atomic mass is 16.5. The van der Waals surface area contributed by atoms with Crippen molar-refractivity contribution in [2.45, 2.75) is 69.9 Å². The van der Waals surface area contributed by atoms with Crippen LogP contribution >= 0.6 is 0 Å². The topological polar surface area (TPSA) is 48.9 Å².